The molecule has 184 valence electrons. The monoisotopic (exact) mass is 438 g/mol. The Morgan fingerprint density at radius 2 is 0.935 bits per heavy atom. The quantitative estimate of drug-likeness (QED) is 0.0906. The van der Waals surface area contributed by atoms with Gasteiger partial charge in [-0.3, -0.25) is 9.59 Å². The molecular formula is C28H54O3. The molecule has 0 heterocycles. The molecule has 0 N–H and O–H groups in total. The van der Waals surface area contributed by atoms with Crippen LogP contribution in [0.4, 0.5) is 0 Å². The van der Waals surface area contributed by atoms with E-state index in [0.717, 1.165) is 38.5 Å². The highest BCUT2D eigenvalue weighted by atomic mass is 16.6. The molecule has 0 aliphatic heterocycles. The summed E-state index contributed by atoms with van der Waals surface area (Å²) in [4.78, 5) is 23.9. The minimum Gasteiger partial charge on any atom is -0.393 e. The van der Waals surface area contributed by atoms with Crippen molar-refractivity contribution < 1.29 is 14.3 Å². The van der Waals surface area contributed by atoms with Gasteiger partial charge in [0.2, 0.25) is 0 Å². The lowest BCUT2D eigenvalue weighted by Gasteiger charge is -2.12. The molecular weight excluding hydrogens is 384 g/mol. The first-order chi connectivity index (χ1) is 15.2. The third-order valence-electron chi connectivity index (χ3n) is 6.43. The van der Waals surface area contributed by atoms with Crippen molar-refractivity contribution in [2.24, 2.45) is 5.92 Å². The average Bonchev–Trinajstić information content (AvgIpc) is 2.76. The van der Waals surface area contributed by atoms with E-state index >= 15 is 0 Å². The molecule has 0 spiro atoms. The molecule has 0 saturated heterocycles. The number of unbranched alkanes of at least 4 members (excludes halogenated alkanes) is 17. The van der Waals surface area contributed by atoms with Gasteiger partial charge in [0.25, 0.3) is 0 Å². The normalized spacial score (nSPS) is 12.1. The first-order valence-electron chi connectivity index (χ1n) is 13.9. The second kappa shape index (κ2) is 23.8. The van der Waals surface area contributed by atoms with Gasteiger partial charge in [-0.2, -0.15) is 0 Å². The van der Waals surface area contributed by atoms with E-state index in [4.69, 9.17) is 4.74 Å². The number of carbonyl (C=O) groups is 2. The number of hydrogen-bond donors (Lipinski definition) is 0. The third kappa shape index (κ3) is 20.8. The summed E-state index contributed by atoms with van der Waals surface area (Å²) in [6, 6.07) is 0. The molecule has 3 nitrogen and oxygen atoms in total. The Bertz CT molecular complexity index is 405. The van der Waals surface area contributed by atoms with E-state index in [-0.39, 0.29) is 17.9 Å². The van der Waals surface area contributed by atoms with Gasteiger partial charge in [-0.05, 0) is 19.3 Å². The Balaban J connectivity index is 3.37. The molecule has 0 aliphatic rings. The third-order valence-corrected chi connectivity index (χ3v) is 6.43. The Hall–Kier alpha value is -0.860. The zero-order valence-electron chi connectivity index (χ0n) is 21.4. The van der Waals surface area contributed by atoms with Crippen LogP contribution in [-0.4, -0.2) is 11.9 Å². The maximum Gasteiger partial charge on any atom is 0.316 e. The summed E-state index contributed by atoms with van der Waals surface area (Å²) >= 11 is 0. The maximum atomic E-state index is 12.0. The van der Waals surface area contributed by atoms with Crippen LogP contribution < -0.4 is 0 Å². The van der Waals surface area contributed by atoms with E-state index in [9.17, 15) is 9.59 Å². The fourth-order valence-electron chi connectivity index (χ4n) is 4.18. The van der Waals surface area contributed by atoms with Crippen molar-refractivity contribution in [3.8, 4) is 0 Å². The van der Waals surface area contributed by atoms with Crippen LogP contribution in [0.1, 0.15) is 162 Å². The molecule has 3 heteroatoms. The largest absolute Gasteiger partial charge is 0.393 e. The zero-order chi connectivity index (χ0) is 23.0. The van der Waals surface area contributed by atoms with E-state index < -0.39 is 0 Å². The van der Waals surface area contributed by atoms with Gasteiger partial charge in [-0.25, -0.2) is 0 Å². The Labute approximate surface area is 194 Å². The van der Waals surface area contributed by atoms with Gasteiger partial charge in [-0.15, -0.1) is 0 Å². The number of rotatable bonds is 23. The van der Waals surface area contributed by atoms with Gasteiger partial charge in [0.1, 0.15) is 0 Å². The second-order valence-corrected chi connectivity index (χ2v) is 9.45. The number of carbonyl (C=O) groups excluding carboxylic acids is 2. The Kier molecular flexibility index (Phi) is 23.1. The molecule has 0 bridgehead atoms. The smallest absolute Gasteiger partial charge is 0.316 e. The van der Waals surface area contributed by atoms with E-state index in [1.54, 1.807) is 0 Å². The fourth-order valence-corrected chi connectivity index (χ4v) is 4.18. The van der Waals surface area contributed by atoms with Crippen LogP contribution in [-0.2, 0) is 14.3 Å². The Morgan fingerprint density at radius 3 is 1.32 bits per heavy atom. The van der Waals surface area contributed by atoms with Crippen LogP contribution in [0.15, 0.2) is 0 Å². The second-order valence-electron chi connectivity index (χ2n) is 9.45. The molecule has 1 atom stereocenters. The van der Waals surface area contributed by atoms with Gasteiger partial charge in [-0.1, -0.05) is 136 Å². The summed E-state index contributed by atoms with van der Waals surface area (Å²) < 4.78 is 5.05. The summed E-state index contributed by atoms with van der Waals surface area (Å²) in [6.45, 7) is 6.38. The molecule has 0 aromatic heterocycles. The summed E-state index contributed by atoms with van der Waals surface area (Å²) in [6.07, 6.45) is 26.6. The zero-order valence-corrected chi connectivity index (χ0v) is 21.4. The van der Waals surface area contributed by atoms with E-state index in [0.29, 0.717) is 6.42 Å². The SMILES string of the molecule is CCCCCCCCCCCCCCCCCCCC(=O)OC(=O)C(CC)CCCC. The van der Waals surface area contributed by atoms with Crippen molar-refractivity contribution in [2.45, 2.75) is 162 Å². The molecule has 0 aromatic rings. The molecule has 0 saturated carbocycles. The first kappa shape index (κ1) is 30.1. The molecule has 0 rings (SSSR count). The summed E-state index contributed by atoms with van der Waals surface area (Å²) in [5.41, 5.74) is 0. The van der Waals surface area contributed by atoms with Gasteiger partial charge >= 0.3 is 11.9 Å². The number of esters is 2. The van der Waals surface area contributed by atoms with Crippen LogP contribution in [0, 0.1) is 5.92 Å². The first-order valence-corrected chi connectivity index (χ1v) is 13.9. The molecule has 0 aromatic carbocycles. The van der Waals surface area contributed by atoms with Crippen molar-refractivity contribution in [1.29, 1.82) is 0 Å². The van der Waals surface area contributed by atoms with Gasteiger partial charge in [0.15, 0.2) is 0 Å². The van der Waals surface area contributed by atoms with Crippen LogP contribution in [0.2, 0.25) is 0 Å². The highest BCUT2D eigenvalue weighted by Gasteiger charge is 2.20. The Morgan fingerprint density at radius 1 is 0.548 bits per heavy atom. The van der Waals surface area contributed by atoms with Crippen molar-refractivity contribution in [3.63, 3.8) is 0 Å². The van der Waals surface area contributed by atoms with Gasteiger partial charge in [0, 0.05) is 6.42 Å². The predicted octanol–water partition coefficient (Wildman–Crippen LogP) is 9.31. The molecule has 0 aliphatic carbocycles. The van der Waals surface area contributed by atoms with E-state index in [1.165, 1.54) is 96.3 Å². The minimum absolute atomic E-state index is 0.112. The average molecular weight is 439 g/mol. The number of hydrogen-bond acceptors (Lipinski definition) is 3. The topological polar surface area (TPSA) is 43.4 Å². The molecule has 0 radical (unpaired) electrons. The summed E-state index contributed by atoms with van der Waals surface area (Å²) in [7, 11) is 0. The standard InChI is InChI=1S/C28H54O3/c1-4-7-9-10-11-12-13-14-15-16-17-18-19-20-21-22-23-25-27(29)31-28(30)26(6-3)24-8-5-2/h26H,4-25H2,1-3H3. The van der Waals surface area contributed by atoms with Crippen LogP contribution in [0.5, 0.6) is 0 Å². The van der Waals surface area contributed by atoms with Crippen molar-refractivity contribution in [2.75, 3.05) is 0 Å². The van der Waals surface area contributed by atoms with Crippen LogP contribution in [0.3, 0.4) is 0 Å². The molecule has 0 fully saturated rings. The molecule has 31 heavy (non-hydrogen) atoms. The highest BCUT2D eigenvalue weighted by molar-refractivity contribution is 5.86. The van der Waals surface area contributed by atoms with Gasteiger partial charge in [0.05, 0.1) is 5.92 Å². The minimum atomic E-state index is -0.332. The van der Waals surface area contributed by atoms with E-state index in [1.807, 2.05) is 6.92 Å². The van der Waals surface area contributed by atoms with E-state index in [2.05, 4.69) is 13.8 Å². The highest BCUT2D eigenvalue weighted by Crippen LogP contribution is 2.16. The lowest BCUT2D eigenvalue weighted by molar-refractivity contribution is -0.163. The van der Waals surface area contributed by atoms with Crippen molar-refractivity contribution in [3.05, 3.63) is 0 Å². The number of ether oxygens (including phenoxy) is 1. The van der Waals surface area contributed by atoms with Gasteiger partial charge < -0.3 is 4.74 Å². The fraction of sp³-hybridized carbons (Fsp3) is 0.929. The maximum absolute atomic E-state index is 12.0. The lowest BCUT2D eigenvalue weighted by Crippen LogP contribution is -2.20. The molecule has 0 amide bonds. The predicted molar refractivity (Wildman–Crippen MR) is 133 cm³/mol. The van der Waals surface area contributed by atoms with Crippen molar-refractivity contribution in [1.82, 2.24) is 0 Å². The summed E-state index contributed by atoms with van der Waals surface area (Å²) in [5, 5.41) is 0. The summed E-state index contributed by atoms with van der Waals surface area (Å²) in [5.74, 6) is -0.756. The lowest BCUT2D eigenvalue weighted by atomic mass is 10.00. The van der Waals surface area contributed by atoms with Crippen molar-refractivity contribution >= 4 is 11.9 Å². The van der Waals surface area contributed by atoms with Crippen LogP contribution in [0.25, 0.3) is 0 Å². The van der Waals surface area contributed by atoms with Crippen LogP contribution >= 0.6 is 0 Å². The molecule has 1 unspecified atom stereocenters.